The first-order valence-electron chi connectivity index (χ1n) is 29.7. The second-order valence-electron chi connectivity index (χ2n) is 22.9. The van der Waals surface area contributed by atoms with Crippen LogP contribution in [0.25, 0.3) is 171 Å². The molecule has 0 saturated heterocycles. The lowest BCUT2D eigenvalue weighted by Gasteiger charge is -2.14. The molecule has 0 amide bonds. The van der Waals surface area contributed by atoms with Gasteiger partial charge in [0.15, 0.2) is 0 Å². The number of para-hydroxylation sites is 7. The molecule has 0 fully saturated rings. The molecule has 7 nitrogen and oxygen atoms in total. The second-order valence-corrected chi connectivity index (χ2v) is 22.9. The summed E-state index contributed by atoms with van der Waals surface area (Å²) in [6.45, 7) is 0. The zero-order valence-electron chi connectivity index (χ0n) is 46.9. The SMILES string of the molecule is c1ccc(-c2nc(-n3c4ccccc4c4cc(-c5ccc6c(c5)c5ccccc5n6-c5ccccc5)ccc43)nc3ccc(-n4c5ccc(-n6c7ccccc7c7ccccc76)cc5c5cc(-n6c7ccccc7c7ccccc76)ccc54)cc23)cc1. The van der Waals surface area contributed by atoms with Crippen LogP contribution in [-0.2, 0) is 0 Å². The normalized spacial score (nSPS) is 12.1. The molecule has 0 aliphatic heterocycles. The van der Waals surface area contributed by atoms with Crippen molar-refractivity contribution in [1.82, 2.24) is 32.8 Å². The van der Waals surface area contributed by atoms with Crippen molar-refractivity contribution in [3.63, 3.8) is 0 Å². The Kier molecular flexibility index (Phi) is 10.1. The predicted octanol–water partition coefficient (Wildman–Crippen LogP) is 20.4. The van der Waals surface area contributed by atoms with Crippen LogP contribution in [0.1, 0.15) is 0 Å². The molecule has 87 heavy (non-hydrogen) atoms. The minimum Gasteiger partial charge on any atom is -0.309 e. The Morgan fingerprint density at radius 2 is 0.494 bits per heavy atom. The van der Waals surface area contributed by atoms with E-state index < -0.39 is 0 Å². The topological polar surface area (TPSA) is 50.4 Å². The van der Waals surface area contributed by atoms with E-state index in [4.69, 9.17) is 9.97 Å². The standard InChI is InChI=1S/C80H49N7/c1-3-19-50(20-4-1)79-67-49-54(37-40-68(67)81-80(82-79)87-74-34-18-12-28-62(74)64-46-52(36-42-78(64)87)51-35-41-75-63(45-51)61-27-11-17-33-73(61)83(75)53-21-5-2-6-22-53)86-76-43-38-55(84-69-29-13-7-23-57(69)58-24-8-14-30-70(58)84)47-65(76)66-48-56(39-44-77(66)86)85-71-31-15-9-25-59(71)60-26-10-16-32-72(60)85/h1-49H. The summed E-state index contributed by atoms with van der Waals surface area (Å²) >= 11 is 0. The number of benzene rings is 13. The van der Waals surface area contributed by atoms with Gasteiger partial charge in [0, 0.05) is 87.6 Å². The molecular weight excluding hydrogens is 1060 g/mol. The van der Waals surface area contributed by atoms with Crippen molar-refractivity contribution in [2.24, 2.45) is 0 Å². The predicted molar refractivity (Wildman–Crippen MR) is 362 cm³/mol. The van der Waals surface area contributed by atoms with E-state index in [1.165, 1.54) is 65.4 Å². The molecule has 0 aliphatic rings. The summed E-state index contributed by atoms with van der Waals surface area (Å²) in [6, 6.07) is 108. The van der Waals surface area contributed by atoms with Gasteiger partial charge in [0.25, 0.3) is 0 Å². The van der Waals surface area contributed by atoms with E-state index in [1.54, 1.807) is 0 Å². The molecule has 404 valence electrons. The van der Waals surface area contributed by atoms with Crippen molar-refractivity contribution >= 4 is 120 Å². The third kappa shape index (κ3) is 6.99. The van der Waals surface area contributed by atoms with E-state index in [0.717, 1.165) is 99.6 Å². The molecule has 19 aromatic rings. The van der Waals surface area contributed by atoms with E-state index in [1.807, 2.05) is 0 Å². The van der Waals surface area contributed by atoms with E-state index in [0.29, 0.717) is 5.95 Å². The number of hydrogen-bond donors (Lipinski definition) is 0. The van der Waals surface area contributed by atoms with Crippen LogP contribution in [0.4, 0.5) is 0 Å². The Balaban J connectivity index is 0.798. The maximum Gasteiger partial charge on any atom is 0.235 e. The van der Waals surface area contributed by atoms with Gasteiger partial charge in [-0.2, -0.15) is 0 Å². The van der Waals surface area contributed by atoms with Gasteiger partial charge in [-0.1, -0.05) is 170 Å². The van der Waals surface area contributed by atoms with Crippen LogP contribution < -0.4 is 0 Å². The summed E-state index contributed by atoms with van der Waals surface area (Å²) in [7, 11) is 0. The highest BCUT2D eigenvalue weighted by molar-refractivity contribution is 6.16. The molecule has 6 aromatic heterocycles. The molecule has 0 N–H and O–H groups in total. The maximum atomic E-state index is 5.65. The van der Waals surface area contributed by atoms with Crippen LogP contribution in [0.15, 0.2) is 297 Å². The molecule has 0 saturated carbocycles. The zero-order chi connectivity index (χ0) is 56.8. The first kappa shape index (κ1) is 47.7. The molecule has 0 radical (unpaired) electrons. The van der Waals surface area contributed by atoms with Crippen molar-refractivity contribution in [1.29, 1.82) is 0 Å². The smallest absolute Gasteiger partial charge is 0.235 e. The Hall–Kier alpha value is -11.8. The Morgan fingerprint density at radius 3 is 0.943 bits per heavy atom. The van der Waals surface area contributed by atoms with Gasteiger partial charge in [-0.25, -0.2) is 9.97 Å². The number of fused-ring (bicyclic) bond motifs is 16. The largest absolute Gasteiger partial charge is 0.309 e. The van der Waals surface area contributed by atoms with Crippen LogP contribution in [0, 0.1) is 0 Å². The van der Waals surface area contributed by atoms with E-state index in [-0.39, 0.29) is 0 Å². The van der Waals surface area contributed by atoms with Gasteiger partial charge in [-0.05, 0) is 139 Å². The summed E-state index contributed by atoms with van der Waals surface area (Å²) < 4.78 is 11.9. The molecule has 0 spiro atoms. The monoisotopic (exact) mass is 1110 g/mol. The van der Waals surface area contributed by atoms with Gasteiger partial charge in [0.2, 0.25) is 5.95 Å². The lowest BCUT2D eigenvalue weighted by molar-refractivity contribution is 1.01. The van der Waals surface area contributed by atoms with Gasteiger partial charge >= 0.3 is 0 Å². The molecule has 13 aromatic carbocycles. The summed E-state index contributed by atoms with van der Waals surface area (Å²) in [5, 5.41) is 13.0. The molecule has 0 atom stereocenters. The van der Waals surface area contributed by atoms with E-state index in [9.17, 15) is 0 Å². The van der Waals surface area contributed by atoms with Gasteiger partial charge in [-0.15, -0.1) is 0 Å². The third-order valence-corrected chi connectivity index (χ3v) is 18.3. The molecule has 0 bridgehead atoms. The summed E-state index contributed by atoms with van der Waals surface area (Å²) in [6.07, 6.45) is 0. The van der Waals surface area contributed by atoms with E-state index >= 15 is 0 Å². The first-order valence-corrected chi connectivity index (χ1v) is 29.7. The van der Waals surface area contributed by atoms with Crippen molar-refractivity contribution in [2.45, 2.75) is 0 Å². The van der Waals surface area contributed by atoms with Crippen LogP contribution >= 0.6 is 0 Å². The number of aromatic nitrogens is 7. The van der Waals surface area contributed by atoms with Crippen LogP contribution in [0.2, 0.25) is 0 Å². The van der Waals surface area contributed by atoms with Crippen LogP contribution in [0.3, 0.4) is 0 Å². The van der Waals surface area contributed by atoms with Crippen molar-refractivity contribution in [3.05, 3.63) is 297 Å². The van der Waals surface area contributed by atoms with Crippen molar-refractivity contribution in [2.75, 3.05) is 0 Å². The molecule has 0 aliphatic carbocycles. The highest BCUT2D eigenvalue weighted by Crippen LogP contribution is 2.43. The van der Waals surface area contributed by atoms with Gasteiger partial charge < -0.3 is 18.3 Å². The lowest BCUT2D eigenvalue weighted by Crippen LogP contribution is -2.04. The van der Waals surface area contributed by atoms with Gasteiger partial charge in [-0.3, -0.25) is 4.57 Å². The van der Waals surface area contributed by atoms with Gasteiger partial charge in [0.05, 0.1) is 66.4 Å². The second kappa shape index (κ2) is 18.3. The Labute approximate surface area is 498 Å². The fourth-order valence-electron chi connectivity index (χ4n) is 14.5. The fraction of sp³-hybridized carbons (Fsp3) is 0. The first-order chi connectivity index (χ1) is 43.2. The third-order valence-electron chi connectivity index (χ3n) is 18.3. The number of rotatable bonds is 7. The number of nitrogens with zero attached hydrogens (tertiary/aromatic N) is 7. The molecular formula is C80H49N7. The molecule has 6 heterocycles. The van der Waals surface area contributed by atoms with Crippen molar-refractivity contribution < 1.29 is 0 Å². The van der Waals surface area contributed by atoms with Crippen LogP contribution in [0.5, 0.6) is 0 Å². The summed E-state index contributed by atoms with van der Waals surface area (Å²) in [5.74, 6) is 0.621. The minimum atomic E-state index is 0.621. The zero-order valence-corrected chi connectivity index (χ0v) is 46.9. The highest BCUT2D eigenvalue weighted by Gasteiger charge is 2.23. The van der Waals surface area contributed by atoms with Gasteiger partial charge in [0.1, 0.15) is 0 Å². The average Bonchev–Trinajstić information content (AvgIpc) is 1.81. The summed E-state index contributed by atoms with van der Waals surface area (Å²) in [4.78, 5) is 11.2. The number of hydrogen-bond acceptors (Lipinski definition) is 2. The molecule has 19 rings (SSSR count). The highest BCUT2D eigenvalue weighted by atomic mass is 15.2. The Morgan fingerprint density at radius 1 is 0.184 bits per heavy atom. The summed E-state index contributed by atoms with van der Waals surface area (Å²) in [5.41, 5.74) is 20.9. The molecule has 7 heteroatoms. The fourth-order valence-corrected chi connectivity index (χ4v) is 14.5. The Bertz CT molecular complexity index is 5790. The minimum absolute atomic E-state index is 0.621. The quantitative estimate of drug-likeness (QED) is 0.160. The maximum absolute atomic E-state index is 5.65. The van der Waals surface area contributed by atoms with E-state index in [2.05, 4.69) is 320 Å². The molecule has 0 unspecified atom stereocenters. The van der Waals surface area contributed by atoms with Crippen molar-refractivity contribution in [3.8, 4) is 51.1 Å². The lowest BCUT2D eigenvalue weighted by atomic mass is 10.0. The van der Waals surface area contributed by atoms with Crippen LogP contribution in [-0.4, -0.2) is 32.8 Å². The average molecular weight is 1110 g/mol.